The van der Waals surface area contributed by atoms with Crippen LogP contribution in [0, 0.1) is 11.7 Å². The van der Waals surface area contributed by atoms with E-state index in [1.807, 2.05) is 11.0 Å². The van der Waals surface area contributed by atoms with E-state index in [4.69, 9.17) is 17.3 Å². The Balaban J connectivity index is 1.64. The molecule has 35 heavy (non-hydrogen) atoms. The molecule has 5 rings (SSSR count). The average molecular weight is 495 g/mol. The molecule has 1 aromatic heterocycles. The van der Waals surface area contributed by atoms with E-state index in [1.165, 1.54) is 12.1 Å². The number of ketones is 1. The van der Waals surface area contributed by atoms with Crippen molar-refractivity contribution in [2.45, 2.75) is 12.8 Å². The van der Waals surface area contributed by atoms with E-state index in [0.717, 1.165) is 12.8 Å². The topological polar surface area (TPSA) is 96.6 Å². The Morgan fingerprint density at radius 1 is 1.20 bits per heavy atom. The summed E-state index contributed by atoms with van der Waals surface area (Å²) in [5.41, 5.74) is 8.43. The maximum atomic E-state index is 14.5. The van der Waals surface area contributed by atoms with Gasteiger partial charge in [-0.25, -0.2) is 4.39 Å². The maximum Gasteiger partial charge on any atom is 0.242 e. The number of pyridine rings is 1. The summed E-state index contributed by atoms with van der Waals surface area (Å²) in [4.78, 5) is 45.3. The first-order valence-electron chi connectivity index (χ1n) is 11.6. The molecule has 0 spiro atoms. The van der Waals surface area contributed by atoms with Gasteiger partial charge in [0.25, 0.3) is 0 Å². The highest BCUT2D eigenvalue weighted by molar-refractivity contribution is 6.33. The van der Waals surface area contributed by atoms with Crippen LogP contribution in [0.5, 0.6) is 0 Å². The molecule has 1 amide bonds. The van der Waals surface area contributed by atoms with E-state index in [2.05, 4.69) is 4.98 Å². The Morgan fingerprint density at radius 3 is 2.66 bits per heavy atom. The van der Waals surface area contributed by atoms with Crippen molar-refractivity contribution < 1.29 is 18.8 Å². The number of hydrogen-bond donors (Lipinski definition) is 1. The third-order valence-electron chi connectivity index (χ3n) is 6.62. The lowest BCUT2D eigenvalue weighted by Crippen LogP contribution is -2.52. The molecule has 3 aromatic rings. The Morgan fingerprint density at radius 2 is 2.00 bits per heavy atom. The first-order chi connectivity index (χ1) is 16.9. The van der Waals surface area contributed by atoms with E-state index < -0.39 is 5.82 Å². The van der Waals surface area contributed by atoms with Gasteiger partial charge in [-0.1, -0.05) is 17.7 Å². The minimum Gasteiger partial charge on any atom is -0.359 e. The second-order valence-corrected chi connectivity index (χ2v) is 9.36. The summed E-state index contributed by atoms with van der Waals surface area (Å²) in [7, 11) is 0. The highest BCUT2D eigenvalue weighted by Gasteiger charge is 2.35. The van der Waals surface area contributed by atoms with Gasteiger partial charge in [-0.05, 0) is 48.2 Å². The number of fused-ring (bicyclic) bond motifs is 1. The molecular formula is C26H24ClFN4O3. The third kappa shape index (κ3) is 4.39. The number of Topliss-reactive ketones (excluding diaryl/α,β-unsaturated/α-hetero) is 1. The summed E-state index contributed by atoms with van der Waals surface area (Å²) >= 11 is 6.13. The van der Waals surface area contributed by atoms with Crippen LogP contribution in [-0.4, -0.2) is 60.6 Å². The predicted octanol–water partition coefficient (Wildman–Crippen LogP) is 3.71. The summed E-state index contributed by atoms with van der Waals surface area (Å²) in [6.07, 6.45) is 3.69. The number of benzene rings is 2. The number of hydrogen-bond acceptors (Lipinski definition) is 6. The molecule has 1 saturated heterocycles. The molecule has 0 radical (unpaired) electrons. The lowest BCUT2D eigenvalue weighted by Gasteiger charge is -2.36. The molecule has 2 aromatic carbocycles. The van der Waals surface area contributed by atoms with Crippen molar-refractivity contribution in [2.24, 2.45) is 11.7 Å². The zero-order valence-electron chi connectivity index (χ0n) is 19.0. The van der Waals surface area contributed by atoms with Crippen LogP contribution in [0.25, 0.3) is 22.0 Å². The van der Waals surface area contributed by atoms with Gasteiger partial charge >= 0.3 is 0 Å². The van der Waals surface area contributed by atoms with Gasteiger partial charge in [-0.2, -0.15) is 0 Å². The minimum atomic E-state index is -0.708. The van der Waals surface area contributed by atoms with Gasteiger partial charge in [0.2, 0.25) is 5.91 Å². The first-order valence-corrected chi connectivity index (χ1v) is 11.9. The Kier molecular flexibility index (Phi) is 6.25. The highest BCUT2D eigenvalue weighted by Crippen LogP contribution is 2.39. The standard InChI is InChI=1S/C26H24ClFN4O3/c27-21-10-17(11-22(28)20(21)14-33)16-3-4-23-18(9-16)25(19(12-30-23)26(35)15-1-2-15)32-8-7-31(6-5-29)24(34)13-32/h3-4,9-12,14-15H,1-2,5-8,13,29H2. The van der Waals surface area contributed by atoms with Crippen LogP contribution in [0.2, 0.25) is 5.02 Å². The van der Waals surface area contributed by atoms with Crippen molar-refractivity contribution in [3.05, 3.63) is 58.5 Å². The zero-order chi connectivity index (χ0) is 24.7. The minimum absolute atomic E-state index is 0.0193. The summed E-state index contributed by atoms with van der Waals surface area (Å²) in [5, 5.41) is 0.720. The number of aldehydes is 1. The molecule has 2 fully saturated rings. The van der Waals surface area contributed by atoms with Crippen LogP contribution < -0.4 is 10.6 Å². The molecule has 0 bridgehead atoms. The summed E-state index contributed by atoms with van der Waals surface area (Å²) in [5.74, 6) is -0.749. The summed E-state index contributed by atoms with van der Waals surface area (Å²) < 4.78 is 14.5. The molecular weight excluding hydrogens is 471 g/mol. The second-order valence-electron chi connectivity index (χ2n) is 8.95. The smallest absolute Gasteiger partial charge is 0.242 e. The number of carbonyl (C=O) groups excluding carboxylic acids is 3. The highest BCUT2D eigenvalue weighted by atomic mass is 35.5. The quantitative estimate of drug-likeness (QED) is 0.397. The molecule has 1 saturated carbocycles. The summed E-state index contributed by atoms with van der Waals surface area (Å²) in [6, 6.07) is 8.22. The van der Waals surface area contributed by atoms with Gasteiger partial charge in [0, 0.05) is 43.7 Å². The van der Waals surface area contributed by atoms with Gasteiger partial charge in [-0.3, -0.25) is 19.4 Å². The first kappa shape index (κ1) is 23.4. The lowest BCUT2D eigenvalue weighted by molar-refractivity contribution is -0.130. The Labute approximate surface area is 206 Å². The third-order valence-corrected chi connectivity index (χ3v) is 6.93. The van der Waals surface area contributed by atoms with Crippen LogP contribution in [0.15, 0.2) is 36.5 Å². The number of nitrogens with two attached hydrogens (primary N) is 1. The van der Waals surface area contributed by atoms with E-state index in [0.29, 0.717) is 65.7 Å². The zero-order valence-corrected chi connectivity index (χ0v) is 19.7. The average Bonchev–Trinajstić information content (AvgIpc) is 3.69. The molecule has 7 nitrogen and oxygen atoms in total. The Bertz CT molecular complexity index is 1330. The van der Waals surface area contributed by atoms with Gasteiger partial charge in [-0.15, -0.1) is 0 Å². The SMILES string of the molecule is NCCN1CCN(c2c(C(=O)C3CC3)cnc3ccc(-c4cc(F)c(C=O)c(Cl)c4)cc23)CC1=O. The normalized spacial score (nSPS) is 16.1. The molecule has 9 heteroatoms. The summed E-state index contributed by atoms with van der Waals surface area (Å²) in [6.45, 7) is 2.06. The second kappa shape index (κ2) is 9.36. The van der Waals surface area contributed by atoms with Crippen molar-refractivity contribution in [1.82, 2.24) is 9.88 Å². The monoisotopic (exact) mass is 494 g/mol. The lowest BCUT2D eigenvalue weighted by atomic mass is 9.97. The maximum absolute atomic E-state index is 14.5. The largest absolute Gasteiger partial charge is 0.359 e. The van der Waals surface area contributed by atoms with Crippen molar-refractivity contribution in [3.63, 3.8) is 0 Å². The number of amides is 1. The van der Waals surface area contributed by atoms with Gasteiger partial charge in [0.15, 0.2) is 12.1 Å². The van der Waals surface area contributed by atoms with E-state index in [1.54, 1.807) is 23.2 Å². The number of halogens is 2. The van der Waals surface area contributed by atoms with Gasteiger partial charge < -0.3 is 15.5 Å². The van der Waals surface area contributed by atoms with Crippen molar-refractivity contribution >= 4 is 46.2 Å². The van der Waals surface area contributed by atoms with Crippen LogP contribution >= 0.6 is 11.6 Å². The number of piperazine rings is 1. The van der Waals surface area contributed by atoms with Crippen molar-refractivity contribution in [2.75, 3.05) is 37.6 Å². The number of carbonyl (C=O) groups is 3. The molecule has 2 heterocycles. The van der Waals surface area contributed by atoms with Crippen LogP contribution in [0.3, 0.4) is 0 Å². The van der Waals surface area contributed by atoms with Crippen LogP contribution in [-0.2, 0) is 4.79 Å². The fraction of sp³-hybridized carbons (Fsp3) is 0.308. The van der Waals surface area contributed by atoms with Crippen molar-refractivity contribution in [3.8, 4) is 11.1 Å². The van der Waals surface area contributed by atoms with E-state index in [-0.39, 0.29) is 34.7 Å². The molecule has 0 atom stereocenters. The molecule has 180 valence electrons. The number of aromatic nitrogens is 1. The number of rotatable bonds is 7. The van der Waals surface area contributed by atoms with Crippen LogP contribution in [0.4, 0.5) is 10.1 Å². The predicted molar refractivity (Wildman–Crippen MR) is 132 cm³/mol. The number of anilines is 1. The Hall–Kier alpha value is -3.36. The molecule has 2 N–H and O–H groups in total. The molecule has 1 aliphatic heterocycles. The molecule has 0 unspecified atom stereocenters. The fourth-order valence-corrected chi connectivity index (χ4v) is 4.85. The van der Waals surface area contributed by atoms with E-state index in [9.17, 15) is 18.8 Å². The fourth-order valence-electron chi connectivity index (χ4n) is 4.60. The molecule has 2 aliphatic rings. The van der Waals surface area contributed by atoms with E-state index >= 15 is 0 Å². The molecule has 1 aliphatic carbocycles. The van der Waals surface area contributed by atoms with Gasteiger partial charge in [0.05, 0.1) is 33.9 Å². The van der Waals surface area contributed by atoms with Gasteiger partial charge in [0.1, 0.15) is 5.82 Å². The van der Waals surface area contributed by atoms with Crippen molar-refractivity contribution in [1.29, 1.82) is 0 Å². The number of nitrogens with zero attached hydrogens (tertiary/aromatic N) is 3. The van der Waals surface area contributed by atoms with Crippen LogP contribution in [0.1, 0.15) is 33.6 Å².